The Balaban J connectivity index is 2.00. The normalized spacial score (nSPS) is 11.3. The Morgan fingerprint density at radius 1 is 1.13 bits per heavy atom. The van der Waals surface area contributed by atoms with Crippen LogP contribution in [-0.2, 0) is 5.75 Å². The molecule has 0 atom stereocenters. The molecular formula is C18H17FN2OS. The predicted molar refractivity (Wildman–Crippen MR) is 92.3 cm³/mol. The van der Waals surface area contributed by atoms with E-state index in [0.717, 1.165) is 5.56 Å². The van der Waals surface area contributed by atoms with Crippen molar-refractivity contribution in [3.05, 3.63) is 70.3 Å². The van der Waals surface area contributed by atoms with Gasteiger partial charge in [0.1, 0.15) is 5.82 Å². The maximum atomic E-state index is 13.0. The van der Waals surface area contributed by atoms with Gasteiger partial charge in [-0.2, -0.15) is 0 Å². The lowest BCUT2D eigenvalue weighted by molar-refractivity contribution is 0.519. The highest BCUT2D eigenvalue weighted by atomic mass is 32.2. The van der Waals surface area contributed by atoms with Crippen molar-refractivity contribution in [2.45, 2.75) is 30.8 Å². The molecule has 1 heterocycles. The summed E-state index contributed by atoms with van der Waals surface area (Å²) < 4.78 is 14.7. The Kier molecular flexibility index (Phi) is 4.48. The van der Waals surface area contributed by atoms with E-state index in [1.54, 1.807) is 22.8 Å². The van der Waals surface area contributed by atoms with Gasteiger partial charge in [0.2, 0.25) is 0 Å². The summed E-state index contributed by atoms with van der Waals surface area (Å²) in [5.41, 5.74) is 1.68. The van der Waals surface area contributed by atoms with Gasteiger partial charge in [0.15, 0.2) is 5.16 Å². The minimum absolute atomic E-state index is 0.0211. The van der Waals surface area contributed by atoms with Crippen molar-refractivity contribution in [1.29, 1.82) is 0 Å². The van der Waals surface area contributed by atoms with E-state index in [0.29, 0.717) is 21.8 Å². The van der Waals surface area contributed by atoms with Crippen LogP contribution in [0.2, 0.25) is 0 Å². The van der Waals surface area contributed by atoms with Crippen LogP contribution in [0.15, 0.2) is 58.5 Å². The lowest BCUT2D eigenvalue weighted by Gasteiger charge is -2.16. The number of halogens is 1. The fraction of sp³-hybridized carbons (Fsp3) is 0.222. The number of hydrogen-bond acceptors (Lipinski definition) is 3. The summed E-state index contributed by atoms with van der Waals surface area (Å²) in [4.78, 5) is 17.3. The lowest BCUT2D eigenvalue weighted by atomic mass is 10.2. The second-order valence-electron chi connectivity index (χ2n) is 5.60. The Morgan fingerprint density at radius 3 is 2.52 bits per heavy atom. The first-order valence-electron chi connectivity index (χ1n) is 7.45. The van der Waals surface area contributed by atoms with Gasteiger partial charge in [-0.05, 0) is 43.7 Å². The molecule has 0 aliphatic rings. The second kappa shape index (κ2) is 6.54. The molecule has 0 unspecified atom stereocenters. The van der Waals surface area contributed by atoms with Crippen LogP contribution in [0.1, 0.15) is 25.5 Å². The van der Waals surface area contributed by atoms with Crippen molar-refractivity contribution < 1.29 is 4.39 Å². The van der Waals surface area contributed by atoms with E-state index in [9.17, 15) is 9.18 Å². The zero-order chi connectivity index (χ0) is 16.4. The van der Waals surface area contributed by atoms with E-state index in [1.165, 1.54) is 23.9 Å². The van der Waals surface area contributed by atoms with Gasteiger partial charge in [-0.3, -0.25) is 9.36 Å². The summed E-state index contributed by atoms with van der Waals surface area (Å²) in [7, 11) is 0. The van der Waals surface area contributed by atoms with E-state index in [-0.39, 0.29) is 17.4 Å². The summed E-state index contributed by atoms with van der Waals surface area (Å²) in [6, 6.07) is 13.8. The molecule has 0 N–H and O–H groups in total. The lowest BCUT2D eigenvalue weighted by Crippen LogP contribution is -2.25. The summed E-state index contributed by atoms with van der Waals surface area (Å²) >= 11 is 1.49. The third-order valence-corrected chi connectivity index (χ3v) is 4.60. The number of thioether (sulfide) groups is 1. The number of benzene rings is 2. The first-order valence-corrected chi connectivity index (χ1v) is 8.43. The van der Waals surface area contributed by atoms with Crippen molar-refractivity contribution >= 4 is 22.7 Å². The SMILES string of the molecule is CC(C)n1c(SCc2ccc(F)cc2)nc2ccccc2c1=O. The van der Waals surface area contributed by atoms with Crippen LogP contribution < -0.4 is 5.56 Å². The molecule has 0 fully saturated rings. The van der Waals surface area contributed by atoms with Crippen molar-refractivity contribution in [3.63, 3.8) is 0 Å². The van der Waals surface area contributed by atoms with Gasteiger partial charge in [-0.1, -0.05) is 36.0 Å². The van der Waals surface area contributed by atoms with Gasteiger partial charge in [0.05, 0.1) is 10.9 Å². The second-order valence-corrected chi connectivity index (χ2v) is 6.54. The molecule has 118 valence electrons. The topological polar surface area (TPSA) is 34.9 Å². The van der Waals surface area contributed by atoms with Crippen molar-refractivity contribution in [1.82, 2.24) is 9.55 Å². The Bertz CT molecular complexity index is 888. The Hall–Kier alpha value is -2.14. The molecule has 0 saturated carbocycles. The van der Waals surface area contributed by atoms with Crippen LogP contribution in [0.25, 0.3) is 10.9 Å². The molecule has 0 aliphatic heterocycles. The van der Waals surface area contributed by atoms with Crippen LogP contribution in [0.4, 0.5) is 4.39 Å². The van der Waals surface area contributed by atoms with E-state index >= 15 is 0 Å². The van der Waals surface area contributed by atoms with Gasteiger partial charge < -0.3 is 0 Å². The maximum Gasteiger partial charge on any atom is 0.262 e. The minimum atomic E-state index is -0.248. The largest absolute Gasteiger partial charge is 0.285 e. The molecule has 0 radical (unpaired) electrons. The third kappa shape index (κ3) is 3.29. The fourth-order valence-electron chi connectivity index (χ4n) is 2.41. The summed E-state index contributed by atoms with van der Waals surface area (Å²) in [6.45, 7) is 3.94. The minimum Gasteiger partial charge on any atom is -0.285 e. The van der Waals surface area contributed by atoms with Gasteiger partial charge in [-0.15, -0.1) is 0 Å². The summed E-state index contributed by atoms with van der Waals surface area (Å²) in [5.74, 6) is 0.388. The zero-order valence-electron chi connectivity index (χ0n) is 13.0. The third-order valence-electron chi connectivity index (χ3n) is 3.57. The van der Waals surface area contributed by atoms with Gasteiger partial charge in [0.25, 0.3) is 5.56 Å². The molecule has 0 aliphatic carbocycles. The highest BCUT2D eigenvalue weighted by molar-refractivity contribution is 7.98. The Morgan fingerprint density at radius 2 is 1.83 bits per heavy atom. The van der Waals surface area contributed by atoms with E-state index in [4.69, 9.17) is 0 Å². The first kappa shape index (κ1) is 15.7. The molecular weight excluding hydrogens is 311 g/mol. The van der Waals surface area contributed by atoms with Gasteiger partial charge in [0, 0.05) is 11.8 Å². The molecule has 3 rings (SSSR count). The number of nitrogens with zero attached hydrogens (tertiary/aromatic N) is 2. The van der Waals surface area contributed by atoms with Crippen LogP contribution in [0.5, 0.6) is 0 Å². The zero-order valence-corrected chi connectivity index (χ0v) is 13.8. The van der Waals surface area contributed by atoms with E-state index < -0.39 is 0 Å². The number of hydrogen-bond donors (Lipinski definition) is 0. The molecule has 1 aromatic heterocycles. The van der Waals surface area contributed by atoms with Crippen LogP contribution in [0, 0.1) is 5.82 Å². The number of rotatable bonds is 4. The molecule has 3 aromatic rings. The summed E-state index contributed by atoms with van der Waals surface area (Å²) in [6.07, 6.45) is 0. The molecule has 5 heteroatoms. The van der Waals surface area contributed by atoms with Crippen LogP contribution in [0.3, 0.4) is 0 Å². The number of aromatic nitrogens is 2. The average Bonchev–Trinajstić information content (AvgIpc) is 2.54. The first-order chi connectivity index (χ1) is 11.1. The summed E-state index contributed by atoms with van der Waals surface area (Å²) in [5, 5.41) is 1.32. The molecule has 0 saturated heterocycles. The fourth-order valence-corrected chi connectivity index (χ4v) is 3.50. The molecule has 2 aromatic carbocycles. The van der Waals surface area contributed by atoms with Crippen LogP contribution >= 0.6 is 11.8 Å². The van der Waals surface area contributed by atoms with Crippen molar-refractivity contribution in [3.8, 4) is 0 Å². The van der Waals surface area contributed by atoms with E-state index in [1.807, 2.05) is 32.0 Å². The highest BCUT2D eigenvalue weighted by Gasteiger charge is 2.13. The highest BCUT2D eigenvalue weighted by Crippen LogP contribution is 2.24. The van der Waals surface area contributed by atoms with Gasteiger partial charge in [-0.25, -0.2) is 9.37 Å². The molecule has 0 spiro atoms. The van der Waals surface area contributed by atoms with E-state index in [2.05, 4.69) is 4.98 Å². The van der Waals surface area contributed by atoms with Crippen molar-refractivity contribution in [2.75, 3.05) is 0 Å². The smallest absolute Gasteiger partial charge is 0.262 e. The molecule has 0 amide bonds. The monoisotopic (exact) mass is 328 g/mol. The van der Waals surface area contributed by atoms with Gasteiger partial charge >= 0.3 is 0 Å². The Labute approximate surface area is 138 Å². The molecule has 3 nitrogen and oxygen atoms in total. The molecule has 23 heavy (non-hydrogen) atoms. The van der Waals surface area contributed by atoms with Crippen molar-refractivity contribution in [2.24, 2.45) is 0 Å². The standard InChI is InChI=1S/C18H17FN2OS/c1-12(2)21-17(22)15-5-3-4-6-16(15)20-18(21)23-11-13-7-9-14(19)10-8-13/h3-10,12H,11H2,1-2H3. The maximum absolute atomic E-state index is 13.0. The number of fused-ring (bicyclic) bond motifs is 1. The predicted octanol–water partition coefficient (Wildman–Crippen LogP) is 4.41. The quantitative estimate of drug-likeness (QED) is 0.526. The number of para-hydroxylation sites is 1. The average molecular weight is 328 g/mol. The van der Waals surface area contributed by atoms with Crippen LogP contribution in [-0.4, -0.2) is 9.55 Å². The molecule has 0 bridgehead atoms.